The van der Waals surface area contributed by atoms with Crippen LogP contribution in [0.1, 0.15) is 29.7 Å². The highest BCUT2D eigenvalue weighted by Crippen LogP contribution is 2.25. The summed E-state index contributed by atoms with van der Waals surface area (Å²) >= 11 is 6.09. The number of hydrogen-bond acceptors (Lipinski definition) is 5. The van der Waals surface area contributed by atoms with Crippen LogP contribution in [0.2, 0.25) is 5.02 Å². The van der Waals surface area contributed by atoms with Crippen molar-refractivity contribution in [3.05, 3.63) is 35.5 Å². The highest BCUT2D eigenvalue weighted by atomic mass is 35.5. The van der Waals surface area contributed by atoms with Crippen LogP contribution >= 0.6 is 11.6 Å². The zero-order chi connectivity index (χ0) is 15.5. The quantitative estimate of drug-likeness (QED) is 0.858. The molecule has 0 radical (unpaired) electrons. The standard InChI is InChI=1S/C14H16ClN5O2/c1-2-22-13-12(15)5-10(6-17-13)14(21)19-4-3-11(7-19)20-9-16-8-18-20/h5-6,8-9,11H,2-4,7H2,1H3/t11-/m0/s1. The maximum Gasteiger partial charge on any atom is 0.255 e. The fraction of sp³-hybridized carbons (Fsp3) is 0.429. The van der Waals surface area contributed by atoms with Gasteiger partial charge in [0.1, 0.15) is 17.7 Å². The number of carbonyl (C=O) groups is 1. The first kappa shape index (κ1) is 14.8. The van der Waals surface area contributed by atoms with E-state index in [1.165, 1.54) is 12.5 Å². The summed E-state index contributed by atoms with van der Waals surface area (Å²) in [6, 6.07) is 1.77. The van der Waals surface area contributed by atoms with Gasteiger partial charge in [-0.1, -0.05) is 11.6 Å². The summed E-state index contributed by atoms with van der Waals surface area (Å²) in [5, 5.41) is 4.48. The van der Waals surface area contributed by atoms with Crippen LogP contribution in [0.25, 0.3) is 0 Å². The highest BCUT2D eigenvalue weighted by Gasteiger charge is 2.29. The monoisotopic (exact) mass is 321 g/mol. The Morgan fingerprint density at radius 2 is 2.41 bits per heavy atom. The predicted octanol–water partition coefficient (Wildman–Crippen LogP) is 1.81. The lowest BCUT2D eigenvalue weighted by molar-refractivity contribution is 0.0786. The number of rotatable bonds is 4. The molecule has 1 atom stereocenters. The van der Waals surface area contributed by atoms with Crippen molar-refractivity contribution in [2.75, 3.05) is 19.7 Å². The van der Waals surface area contributed by atoms with E-state index < -0.39 is 0 Å². The van der Waals surface area contributed by atoms with Crippen LogP contribution in [-0.4, -0.2) is 50.3 Å². The fourth-order valence-electron chi connectivity index (χ4n) is 2.52. The van der Waals surface area contributed by atoms with Gasteiger partial charge in [0, 0.05) is 19.3 Å². The normalized spacial score (nSPS) is 17.7. The summed E-state index contributed by atoms with van der Waals surface area (Å²) < 4.78 is 7.06. The molecule has 1 saturated heterocycles. The van der Waals surface area contributed by atoms with E-state index in [0.717, 1.165) is 6.42 Å². The summed E-state index contributed by atoms with van der Waals surface area (Å²) in [6.07, 6.45) is 5.53. The van der Waals surface area contributed by atoms with Crippen molar-refractivity contribution in [1.29, 1.82) is 0 Å². The second-order valence-corrected chi connectivity index (χ2v) is 5.42. The van der Waals surface area contributed by atoms with Crippen molar-refractivity contribution >= 4 is 17.5 Å². The summed E-state index contributed by atoms with van der Waals surface area (Å²) in [5.41, 5.74) is 0.465. The third-order valence-corrected chi connectivity index (χ3v) is 3.87. The molecular formula is C14H16ClN5O2. The molecule has 1 aliphatic heterocycles. The summed E-state index contributed by atoms with van der Waals surface area (Å²) in [7, 11) is 0. The maximum absolute atomic E-state index is 12.5. The first-order chi connectivity index (χ1) is 10.7. The number of nitrogens with zero attached hydrogens (tertiary/aromatic N) is 5. The number of aromatic nitrogens is 4. The molecule has 0 bridgehead atoms. The zero-order valence-electron chi connectivity index (χ0n) is 12.1. The third-order valence-electron chi connectivity index (χ3n) is 3.60. The van der Waals surface area contributed by atoms with Crippen LogP contribution in [0.15, 0.2) is 24.9 Å². The van der Waals surface area contributed by atoms with Crippen LogP contribution in [0, 0.1) is 0 Å². The molecule has 1 aliphatic rings. The fourth-order valence-corrected chi connectivity index (χ4v) is 2.74. The van der Waals surface area contributed by atoms with Crippen LogP contribution < -0.4 is 4.74 Å². The molecule has 0 N–H and O–H groups in total. The van der Waals surface area contributed by atoms with Crippen molar-refractivity contribution in [2.24, 2.45) is 0 Å². The van der Waals surface area contributed by atoms with Crippen LogP contribution in [0.5, 0.6) is 5.88 Å². The average molecular weight is 322 g/mol. The highest BCUT2D eigenvalue weighted by molar-refractivity contribution is 6.32. The molecule has 8 heteroatoms. The molecule has 3 heterocycles. The van der Waals surface area contributed by atoms with Gasteiger partial charge in [-0.25, -0.2) is 14.6 Å². The van der Waals surface area contributed by atoms with E-state index in [0.29, 0.717) is 36.2 Å². The Morgan fingerprint density at radius 1 is 1.55 bits per heavy atom. The number of pyridine rings is 1. The number of halogens is 1. The molecule has 0 saturated carbocycles. The van der Waals surface area contributed by atoms with Crippen molar-refractivity contribution in [2.45, 2.75) is 19.4 Å². The molecule has 2 aromatic heterocycles. The van der Waals surface area contributed by atoms with Gasteiger partial charge in [0.15, 0.2) is 0 Å². The van der Waals surface area contributed by atoms with Gasteiger partial charge in [-0.15, -0.1) is 0 Å². The Hall–Kier alpha value is -2.15. The van der Waals surface area contributed by atoms with E-state index in [4.69, 9.17) is 16.3 Å². The molecule has 0 unspecified atom stereocenters. The van der Waals surface area contributed by atoms with Gasteiger partial charge >= 0.3 is 0 Å². The molecule has 0 spiro atoms. The minimum Gasteiger partial charge on any atom is -0.477 e. The molecule has 1 fully saturated rings. The predicted molar refractivity (Wildman–Crippen MR) is 80.0 cm³/mol. The SMILES string of the molecule is CCOc1ncc(C(=O)N2CC[C@H](n3cncn3)C2)cc1Cl. The largest absolute Gasteiger partial charge is 0.477 e. The summed E-state index contributed by atoms with van der Waals surface area (Å²) in [6.45, 7) is 3.61. The van der Waals surface area contributed by atoms with Gasteiger partial charge in [0.25, 0.3) is 5.91 Å². The first-order valence-electron chi connectivity index (χ1n) is 7.10. The van der Waals surface area contributed by atoms with Gasteiger partial charge < -0.3 is 9.64 Å². The average Bonchev–Trinajstić information content (AvgIpc) is 3.19. The summed E-state index contributed by atoms with van der Waals surface area (Å²) in [5.74, 6) is 0.266. The maximum atomic E-state index is 12.5. The third kappa shape index (κ3) is 2.89. The van der Waals surface area contributed by atoms with Crippen molar-refractivity contribution in [3.63, 3.8) is 0 Å². The Kier molecular flexibility index (Phi) is 4.24. The Bertz CT molecular complexity index is 661. The van der Waals surface area contributed by atoms with Crippen LogP contribution in [0.4, 0.5) is 0 Å². The van der Waals surface area contributed by atoms with Crippen molar-refractivity contribution in [3.8, 4) is 5.88 Å². The molecule has 0 aliphatic carbocycles. The Morgan fingerprint density at radius 3 is 3.09 bits per heavy atom. The lowest BCUT2D eigenvalue weighted by atomic mass is 10.2. The molecular weight excluding hydrogens is 306 g/mol. The van der Waals surface area contributed by atoms with Gasteiger partial charge in [-0.2, -0.15) is 5.10 Å². The molecule has 0 aromatic carbocycles. The minimum atomic E-state index is -0.0833. The number of amides is 1. The number of likely N-dealkylation sites (tertiary alicyclic amines) is 1. The molecule has 3 rings (SSSR count). The lowest BCUT2D eigenvalue weighted by Gasteiger charge is -2.17. The van der Waals surface area contributed by atoms with Crippen molar-refractivity contribution in [1.82, 2.24) is 24.6 Å². The van der Waals surface area contributed by atoms with E-state index in [2.05, 4.69) is 15.1 Å². The van der Waals surface area contributed by atoms with Gasteiger partial charge in [-0.05, 0) is 19.4 Å². The van der Waals surface area contributed by atoms with Crippen LogP contribution in [0.3, 0.4) is 0 Å². The second-order valence-electron chi connectivity index (χ2n) is 5.01. The number of carbonyl (C=O) groups excluding carboxylic acids is 1. The Balaban J connectivity index is 1.71. The van der Waals surface area contributed by atoms with Gasteiger partial charge in [0.2, 0.25) is 5.88 Å². The summed E-state index contributed by atoms with van der Waals surface area (Å²) in [4.78, 5) is 22.3. The number of ether oxygens (including phenoxy) is 1. The molecule has 116 valence electrons. The topological polar surface area (TPSA) is 73.1 Å². The molecule has 7 nitrogen and oxygen atoms in total. The number of hydrogen-bond donors (Lipinski definition) is 0. The van der Waals surface area contributed by atoms with E-state index in [1.807, 2.05) is 6.92 Å². The van der Waals surface area contributed by atoms with E-state index in [1.54, 1.807) is 22.0 Å². The van der Waals surface area contributed by atoms with Crippen LogP contribution in [-0.2, 0) is 0 Å². The Labute approximate surface area is 132 Å². The van der Waals surface area contributed by atoms with E-state index in [-0.39, 0.29) is 11.9 Å². The molecule has 2 aromatic rings. The van der Waals surface area contributed by atoms with E-state index >= 15 is 0 Å². The van der Waals surface area contributed by atoms with Gasteiger partial charge in [-0.3, -0.25) is 4.79 Å². The van der Waals surface area contributed by atoms with E-state index in [9.17, 15) is 4.79 Å². The first-order valence-corrected chi connectivity index (χ1v) is 7.48. The smallest absolute Gasteiger partial charge is 0.255 e. The van der Waals surface area contributed by atoms with Gasteiger partial charge in [0.05, 0.1) is 18.2 Å². The molecule has 1 amide bonds. The zero-order valence-corrected chi connectivity index (χ0v) is 12.9. The molecule has 22 heavy (non-hydrogen) atoms. The minimum absolute atomic E-state index is 0.0833. The van der Waals surface area contributed by atoms with Crippen molar-refractivity contribution < 1.29 is 9.53 Å². The lowest BCUT2D eigenvalue weighted by Crippen LogP contribution is -2.29. The second kappa shape index (κ2) is 6.31.